The molecular weight excluding hydrogens is 673 g/mol. The number of fused-ring (bicyclic) bond motifs is 4. The molecule has 8 heteroatoms. The summed E-state index contributed by atoms with van der Waals surface area (Å²) in [6.07, 6.45) is 21.5. The van der Waals surface area contributed by atoms with Gasteiger partial charge in [-0.15, -0.1) is 0 Å². The second-order valence-corrected chi connectivity index (χ2v) is 28.7. The lowest BCUT2D eigenvalue weighted by atomic mass is 9.64. The van der Waals surface area contributed by atoms with Crippen LogP contribution in [0.2, 0.25) is 39.3 Å². The van der Waals surface area contributed by atoms with Gasteiger partial charge >= 0.3 is 0 Å². The molecule has 2 fully saturated rings. The Labute approximate surface area is 312 Å². The maximum absolute atomic E-state index is 10.0. The van der Waals surface area contributed by atoms with Gasteiger partial charge in [-0.3, -0.25) is 9.80 Å². The molecule has 2 N–H and O–H groups in total. The van der Waals surface area contributed by atoms with Crippen molar-refractivity contribution in [3.05, 3.63) is 130 Å². The van der Waals surface area contributed by atoms with Crippen LogP contribution < -0.4 is 9.80 Å². The van der Waals surface area contributed by atoms with E-state index in [1.54, 1.807) is 0 Å². The molecular formula is C44H56N4O2Si2. The van der Waals surface area contributed by atoms with Gasteiger partial charge in [-0.1, -0.05) is 123 Å². The Balaban J connectivity index is 1.19. The number of hydrogen-bond donors (Lipinski definition) is 2. The predicted octanol–water partition coefficient (Wildman–Crippen LogP) is 6.90. The van der Waals surface area contributed by atoms with E-state index in [1.165, 1.54) is 44.0 Å². The highest BCUT2D eigenvalue weighted by atomic mass is 28.3. The number of likely N-dealkylation sites (tertiary alicyclic amines) is 2. The van der Waals surface area contributed by atoms with E-state index >= 15 is 0 Å². The van der Waals surface area contributed by atoms with E-state index in [-0.39, 0.29) is 48.2 Å². The average Bonchev–Trinajstić information content (AvgIpc) is 3.82. The fourth-order valence-electron chi connectivity index (χ4n) is 11.5. The minimum absolute atomic E-state index is 0.0564. The first-order chi connectivity index (χ1) is 24.9. The number of aliphatic hydroxyl groups excluding tert-OH is 2. The minimum atomic E-state index is -1.60. The van der Waals surface area contributed by atoms with Crippen LogP contribution >= 0.6 is 0 Å². The summed E-state index contributed by atoms with van der Waals surface area (Å²) in [7, 11) is -3.21. The van der Waals surface area contributed by atoms with Crippen molar-refractivity contribution in [2.45, 2.75) is 87.1 Å². The number of rotatable bonds is 8. The predicted molar refractivity (Wildman–Crippen MR) is 220 cm³/mol. The second-order valence-electron chi connectivity index (χ2n) is 18.4. The zero-order valence-corrected chi connectivity index (χ0v) is 33.9. The molecule has 2 spiro atoms. The molecule has 0 amide bonds. The van der Waals surface area contributed by atoms with Crippen molar-refractivity contribution in [1.82, 2.24) is 9.80 Å². The van der Waals surface area contributed by atoms with Gasteiger partial charge in [0, 0.05) is 72.9 Å². The molecule has 5 aliphatic heterocycles. The highest BCUT2D eigenvalue weighted by Gasteiger charge is 2.64. The standard InChI is InChI=1S/C44H56N4O2Si2/c1-51(2,3)33(19-25-49)29-45-23-21-43-35-11-7-9-13-37(35)47-28-32-16-18-40-44(22-24-46(40)30-34(20-26-50)52(4,5)6)36-12-8-10-14-38(36)48(42(32)44)27-31(41(43)47)15-17-39(43)45/h7-20,27-28,39-42,49-50H,21-26,29-30H2,1-6H3/b31-27-,32-28-,33-19-,34-20-/t39-,40-,41-,42-,43+,44+/m0/s1. The van der Waals surface area contributed by atoms with Gasteiger partial charge in [0.15, 0.2) is 0 Å². The molecule has 7 aliphatic rings. The average molecular weight is 729 g/mol. The SMILES string of the molecule is C[Si](C)(C)/C(=C\CO)CN1CC[C@@]23c4ccccc4N4/C=C5/C=C[C@@H]6N(C/C(=C/CO)[Si](C)(C)C)CC[C@@]67c6ccccc6N(/C=C(/C=C[C@H]12)[C@H]43)[C@@H]57. The van der Waals surface area contributed by atoms with Gasteiger partial charge in [-0.25, -0.2) is 0 Å². The van der Waals surface area contributed by atoms with Crippen molar-refractivity contribution in [3.63, 3.8) is 0 Å². The largest absolute Gasteiger partial charge is 0.392 e. The van der Waals surface area contributed by atoms with Gasteiger partial charge in [-0.2, -0.15) is 0 Å². The molecule has 0 radical (unpaired) electrons. The van der Waals surface area contributed by atoms with Gasteiger partial charge in [0.1, 0.15) is 0 Å². The highest BCUT2D eigenvalue weighted by Crippen LogP contribution is 2.62. The summed E-state index contributed by atoms with van der Waals surface area (Å²) in [5.41, 5.74) is 8.37. The Morgan fingerprint density at radius 2 is 1.06 bits per heavy atom. The molecule has 272 valence electrons. The maximum atomic E-state index is 10.0. The number of para-hydroxylation sites is 2. The summed E-state index contributed by atoms with van der Waals surface area (Å²) in [6.45, 7) is 18.6. The van der Waals surface area contributed by atoms with Crippen molar-refractivity contribution in [1.29, 1.82) is 0 Å². The van der Waals surface area contributed by atoms with Crippen molar-refractivity contribution in [3.8, 4) is 0 Å². The van der Waals surface area contributed by atoms with Gasteiger partial charge < -0.3 is 20.0 Å². The van der Waals surface area contributed by atoms with Crippen molar-refractivity contribution in [2.75, 3.05) is 49.2 Å². The lowest BCUT2D eigenvalue weighted by Gasteiger charge is -2.48. The van der Waals surface area contributed by atoms with Crippen LogP contribution in [0.15, 0.2) is 119 Å². The Bertz CT molecular complexity index is 1840. The monoisotopic (exact) mass is 728 g/mol. The molecule has 5 heterocycles. The van der Waals surface area contributed by atoms with Crippen LogP contribution in [0, 0.1) is 0 Å². The summed E-state index contributed by atoms with van der Waals surface area (Å²) in [5.74, 6) is 0. The summed E-state index contributed by atoms with van der Waals surface area (Å²) in [6, 6.07) is 19.5. The van der Waals surface area contributed by atoms with E-state index < -0.39 is 16.1 Å². The van der Waals surface area contributed by atoms with Crippen LogP contribution in [0.3, 0.4) is 0 Å². The zero-order valence-electron chi connectivity index (χ0n) is 31.9. The first-order valence-electron chi connectivity index (χ1n) is 19.6. The van der Waals surface area contributed by atoms with Gasteiger partial charge in [0.25, 0.3) is 0 Å². The zero-order chi connectivity index (χ0) is 36.2. The molecule has 0 aromatic heterocycles. The lowest BCUT2D eigenvalue weighted by Crippen LogP contribution is -2.57. The third kappa shape index (κ3) is 4.80. The van der Waals surface area contributed by atoms with Crippen LogP contribution in [0.5, 0.6) is 0 Å². The Morgan fingerprint density at radius 1 is 0.654 bits per heavy atom. The summed E-state index contributed by atoms with van der Waals surface area (Å²) in [4.78, 5) is 10.8. The number of hydrogen-bond acceptors (Lipinski definition) is 6. The molecule has 0 saturated carbocycles. The molecule has 0 unspecified atom stereocenters. The van der Waals surface area contributed by atoms with Gasteiger partial charge in [0.2, 0.25) is 0 Å². The molecule has 2 aromatic rings. The molecule has 2 aromatic carbocycles. The van der Waals surface area contributed by atoms with Crippen molar-refractivity contribution >= 4 is 27.5 Å². The molecule has 6 nitrogen and oxygen atoms in total. The molecule has 6 atom stereocenters. The summed E-state index contributed by atoms with van der Waals surface area (Å²) in [5, 5.41) is 22.9. The van der Waals surface area contributed by atoms with Crippen LogP contribution in [0.25, 0.3) is 0 Å². The third-order valence-corrected chi connectivity index (χ3v) is 18.4. The van der Waals surface area contributed by atoms with E-state index in [4.69, 9.17) is 0 Å². The first-order valence-corrected chi connectivity index (χ1v) is 26.6. The second kappa shape index (κ2) is 12.1. The van der Waals surface area contributed by atoms with E-state index in [0.717, 1.165) is 39.0 Å². The smallest absolute Gasteiger partial charge is 0.0738 e. The molecule has 9 rings (SSSR count). The fraction of sp³-hybridized carbons (Fsp3) is 0.455. The summed E-state index contributed by atoms with van der Waals surface area (Å²) < 4.78 is 0. The maximum Gasteiger partial charge on any atom is 0.0738 e. The van der Waals surface area contributed by atoms with E-state index in [9.17, 15) is 10.2 Å². The van der Waals surface area contributed by atoms with E-state index in [2.05, 4.69) is 156 Å². The lowest BCUT2D eigenvalue weighted by molar-refractivity contribution is 0.247. The van der Waals surface area contributed by atoms with Crippen LogP contribution in [-0.2, 0) is 10.8 Å². The molecule has 0 bridgehead atoms. The van der Waals surface area contributed by atoms with Crippen LogP contribution in [0.1, 0.15) is 24.0 Å². The first kappa shape index (κ1) is 34.5. The summed E-state index contributed by atoms with van der Waals surface area (Å²) >= 11 is 0. The number of nitrogens with zero attached hydrogens (tertiary/aromatic N) is 4. The Hall–Kier alpha value is -3.25. The van der Waals surface area contributed by atoms with E-state index in [0.29, 0.717) is 0 Å². The Kier molecular flexibility index (Phi) is 8.05. The van der Waals surface area contributed by atoms with Crippen LogP contribution in [-0.4, -0.2) is 99.7 Å². The molecule has 2 aliphatic carbocycles. The molecule has 52 heavy (non-hydrogen) atoms. The quantitative estimate of drug-likeness (QED) is 0.289. The molecule has 2 saturated heterocycles. The number of aliphatic hydroxyl groups is 2. The van der Waals surface area contributed by atoms with Crippen molar-refractivity contribution < 1.29 is 10.2 Å². The van der Waals surface area contributed by atoms with Gasteiger partial charge in [0.05, 0.1) is 41.4 Å². The highest BCUT2D eigenvalue weighted by molar-refractivity contribution is 6.83. The number of benzene rings is 2. The normalized spacial score (nSPS) is 34.1. The fourth-order valence-corrected chi connectivity index (χ4v) is 14.2. The number of anilines is 2. The van der Waals surface area contributed by atoms with Gasteiger partial charge in [-0.05, 0) is 47.2 Å². The minimum Gasteiger partial charge on any atom is -0.392 e. The van der Waals surface area contributed by atoms with Crippen LogP contribution in [0.4, 0.5) is 11.4 Å². The third-order valence-electron chi connectivity index (χ3n) is 13.9. The van der Waals surface area contributed by atoms with Crippen molar-refractivity contribution in [2.24, 2.45) is 0 Å². The topological polar surface area (TPSA) is 53.4 Å². The Morgan fingerprint density at radius 3 is 1.44 bits per heavy atom. The van der Waals surface area contributed by atoms with E-state index in [1.807, 2.05) is 0 Å².